The van der Waals surface area contributed by atoms with Crippen LogP contribution in [0.1, 0.15) is 36.8 Å². The van der Waals surface area contributed by atoms with Gasteiger partial charge in [-0.15, -0.1) is 0 Å². The third-order valence-corrected chi connectivity index (χ3v) is 7.04. The van der Waals surface area contributed by atoms with Gasteiger partial charge in [0.1, 0.15) is 5.78 Å². The Balaban J connectivity index is 1.28. The molecule has 0 N–H and O–H groups in total. The van der Waals surface area contributed by atoms with Crippen LogP contribution >= 0.6 is 23.2 Å². The van der Waals surface area contributed by atoms with E-state index in [1.54, 1.807) is 12.4 Å². The van der Waals surface area contributed by atoms with E-state index in [0.29, 0.717) is 22.2 Å². The molecule has 1 aliphatic rings. The van der Waals surface area contributed by atoms with E-state index in [9.17, 15) is 4.79 Å². The second kappa shape index (κ2) is 12.3. The number of ketones is 1. The van der Waals surface area contributed by atoms with Crippen LogP contribution in [0.3, 0.4) is 0 Å². The van der Waals surface area contributed by atoms with E-state index in [-0.39, 0.29) is 5.92 Å². The molecule has 0 unspecified atom stereocenters. The Morgan fingerprint density at radius 2 is 1.41 bits per heavy atom. The van der Waals surface area contributed by atoms with Crippen molar-refractivity contribution in [1.29, 1.82) is 0 Å². The zero-order chi connectivity index (χ0) is 23.8. The van der Waals surface area contributed by atoms with Gasteiger partial charge < -0.3 is 4.90 Å². The summed E-state index contributed by atoms with van der Waals surface area (Å²) in [6.07, 6.45) is 6.42. The smallest absolute Gasteiger partial charge is 0.136 e. The molecule has 0 aliphatic carbocycles. The van der Waals surface area contributed by atoms with Crippen LogP contribution in [-0.2, 0) is 17.9 Å². The van der Waals surface area contributed by atoms with Gasteiger partial charge in [-0.3, -0.25) is 14.7 Å². The lowest BCUT2D eigenvalue weighted by Crippen LogP contribution is -2.37. The quantitative estimate of drug-likeness (QED) is 0.315. The summed E-state index contributed by atoms with van der Waals surface area (Å²) in [7, 11) is 0. The van der Waals surface area contributed by atoms with Crippen LogP contribution < -0.4 is 4.90 Å². The lowest BCUT2D eigenvalue weighted by molar-refractivity contribution is -0.123. The highest BCUT2D eigenvalue weighted by molar-refractivity contribution is 6.38. The van der Waals surface area contributed by atoms with Gasteiger partial charge >= 0.3 is 0 Å². The first-order valence-electron chi connectivity index (χ1n) is 12.0. The van der Waals surface area contributed by atoms with Gasteiger partial charge in [0.15, 0.2) is 0 Å². The van der Waals surface area contributed by atoms with Crippen molar-refractivity contribution < 1.29 is 4.79 Å². The number of pyridine rings is 1. The number of carbonyl (C=O) groups excluding carboxylic acids is 1. The minimum atomic E-state index is 0.118. The lowest BCUT2D eigenvalue weighted by Gasteiger charge is -2.34. The number of aromatic nitrogens is 1. The monoisotopic (exact) mass is 495 g/mol. The van der Waals surface area contributed by atoms with Gasteiger partial charge in [-0.25, -0.2) is 0 Å². The fraction of sp³-hybridized carbons (Fsp3) is 0.357. The van der Waals surface area contributed by atoms with Gasteiger partial charge in [-0.05, 0) is 36.9 Å². The van der Waals surface area contributed by atoms with Crippen LogP contribution in [0.25, 0.3) is 0 Å². The predicted octanol–water partition coefficient (Wildman–Crippen LogP) is 6.66. The number of hydrogen-bond acceptors (Lipinski definition) is 4. The predicted molar refractivity (Wildman–Crippen MR) is 140 cm³/mol. The first-order chi connectivity index (χ1) is 16.6. The third-order valence-electron chi connectivity index (χ3n) is 6.49. The topological polar surface area (TPSA) is 36.4 Å². The summed E-state index contributed by atoms with van der Waals surface area (Å²) in [6.45, 7) is 4.24. The molecule has 34 heavy (non-hydrogen) atoms. The fourth-order valence-electron chi connectivity index (χ4n) is 4.71. The van der Waals surface area contributed by atoms with Crippen LogP contribution in [-0.4, -0.2) is 35.3 Å². The molecule has 178 valence electrons. The van der Waals surface area contributed by atoms with Crippen molar-refractivity contribution in [3.63, 3.8) is 0 Å². The van der Waals surface area contributed by atoms with Crippen molar-refractivity contribution in [2.45, 2.75) is 38.8 Å². The van der Waals surface area contributed by atoms with Crippen LogP contribution in [0.15, 0.2) is 73.1 Å². The molecule has 3 aromatic rings. The Hall–Kier alpha value is -2.40. The molecule has 0 spiro atoms. The van der Waals surface area contributed by atoms with E-state index in [4.69, 9.17) is 23.2 Å². The summed E-state index contributed by atoms with van der Waals surface area (Å²) in [5.41, 5.74) is 3.43. The normalized spacial score (nSPS) is 14.5. The fourth-order valence-corrected chi connectivity index (χ4v) is 5.31. The number of anilines is 1. The summed E-state index contributed by atoms with van der Waals surface area (Å²) in [5.74, 6) is 0.498. The standard InChI is InChI=1S/C28H31Cl2N3O/c29-25-18-31-19-26(30)28(25)33-16-13-24(14-17-33)27(34)12-7-15-32(20-22-8-3-1-4-9-22)21-23-10-5-2-6-11-23/h1-6,8-11,18-19,24H,7,12-17,20-21H2. The highest BCUT2D eigenvalue weighted by atomic mass is 35.5. The Labute approximate surface area is 212 Å². The second-order valence-corrected chi connectivity index (χ2v) is 9.78. The molecule has 2 heterocycles. The molecule has 1 aromatic heterocycles. The molecule has 0 bridgehead atoms. The van der Waals surface area contributed by atoms with E-state index >= 15 is 0 Å². The third kappa shape index (κ3) is 6.82. The molecule has 1 fully saturated rings. The van der Waals surface area contributed by atoms with E-state index in [2.05, 4.69) is 63.3 Å². The minimum absolute atomic E-state index is 0.118. The first-order valence-corrected chi connectivity index (χ1v) is 12.7. The van der Waals surface area contributed by atoms with E-state index < -0.39 is 0 Å². The molecule has 1 aliphatic heterocycles. The summed E-state index contributed by atoms with van der Waals surface area (Å²) in [6, 6.07) is 21.1. The van der Waals surface area contributed by atoms with Gasteiger partial charge in [0.2, 0.25) is 0 Å². The van der Waals surface area contributed by atoms with Crippen molar-refractivity contribution in [3.05, 3.63) is 94.2 Å². The highest BCUT2D eigenvalue weighted by Gasteiger charge is 2.26. The number of Topliss-reactive ketones (excluding diaryl/α,β-unsaturated/α-hetero) is 1. The Morgan fingerprint density at radius 3 is 1.94 bits per heavy atom. The zero-order valence-electron chi connectivity index (χ0n) is 19.4. The number of hydrogen-bond donors (Lipinski definition) is 0. The number of halogens is 2. The van der Waals surface area contributed by atoms with Crippen molar-refractivity contribution >= 4 is 34.7 Å². The zero-order valence-corrected chi connectivity index (χ0v) is 20.9. The minimum Gasteiger partial charge on any atom is -0.369 e. The van der Waals surface area contributed by atoms with Crippen LogP contribution in [0.2, 0.25) is 10.0 Å². The Kier molecular flexibility index (Phi) is 8.97. The summed E-state index contributed by atoms with van der Waals surface area (Å²) in [4.78, 5) is 21.6. The molecular formula is C28H31Cl2N3O. The molecular weight excluding hydrogens is 465 g/mol. The van der Waals surface area contributed by atoms with Gasteiger partial charge in [-0.2, -0.15) is 0 Å². The maximum absolute atomic E-state index is 13.0. The molecule has 0 atom stereocenters. The number of carbonyl (C=O) groups is 1. The molecule has 2 aromatic carbocycles. The molecule has 1 saturated heterocycles. The van der Waals surface area contributed by atoms with Gasteiger partial charge in [0.05, 0.1) is 15.7 Å². The van der Waals surface area contributed by atoms with Gasteiger partial charge in [-0.1, -0.05) is 83.9 Å². The van der Waals surface area contributed by atoms with Crippen molar-refractivity contribution in [2.24, 2.45) is 5.92 Å². The lowest BCUT2D eigenvalue weighted by atomic mass is 9.90. The second-order valence-electron chi connectivity index (χ2n) is 8.96. The number of rotatable bonds is 10. The van der Waals surface area contributed by atoms with Crippen molar-refractivity contribution in [1.82, 2.24) is 9.88 Å². The maximum Gasteiger partial charge on any atom is 0.136 e. The van der Waals surface area contributed by atoms with E-state index in [1.165, 1.54) is 11.1 Å². The Bertz CT molecular complexity index is 992. The SMILES string of the molecule is O=C(CCCN(Cc1ccccc1)Cc1ccccc1)C1CCN(c2c(Cl)cncc2Cl)CC1. The summed E-state index contributed by atoms with van der Waals surface area (Å²) in [5, 5.41) is 1.13. The number of nitrogens with zero attached hydrogens (tertiary/aromatic N) is 3. The maximum atomic E-state index is 13.0. The molecule has 0 amide bonds. The summed E-state index contributed by atoms with van der Waals surface area (Å²) < 4.78 is 0. The first kappa shape index (κ1) is 24.7. The largest absolute Gasteiger partial charge is 0.369 e. The van der Waals surface area contributed by atoms with Crippen molar-refractivity contribution in [2.75, 3.05) is 24.5 Å². The highest BCUT2D eigenvalue weighted by Crippen LogP contribution is 2.35. The molecule has 0 radical (unpaired) electrons. The Morgan fingerprint density at radius 1 is 0.882 bits per heavy atom. The number of piperidine rings is 1. The average Bonchev–Trinajstić information content (AvgIpc) is 2.85. The van der Waals surface area contributed by atoms with Crippen molar-refractivity contribution in [3.8, 4) is 0 Å². The average molecular weight is 496 g/mol. The molecule has 0 saturated carbocycles. The van der Waals surface area contributed by atoms with E-state index in [1.807, 2.05) is 12.1 Å². The molecule has 6 heteroatoms. The molecule has 4 rings (SSSR count). The summed E-state index contributed by atoms with van der Waals surface area (Å²) >= 11 is 12.6. The number of benzene rings is 2. The van der Waals surface area contributed by atoms with Gasteiger partial charge in [0.25, 0.3) is 0 Å². The van der Waals surface area contributed by atoms with E-state index in [0.717, 1.165) is 57.7 Å². The molecule has 4 nitrogen and oxygen atoms in total. The van der Waals surface area contributed by atoms with Gasteiger partial charge in [0, 0.05) is 50.9 Å². The van der Waals surface area contributed by atoms with Crippen LogP contribution in [0, 0.1) is 5.92 Å². The van der Waals surface area contributed by atoms with Crippen LogP contribution in [0.4, 0.5) is 5.69 Å². The van der Waals surface area contributed by atoms with Crippen LogP contribution in [0.5, 0.6) is 0 Å².